The van der Waals surface area contributed by atoms with E-state index in [0.29, 0.717) is 29.8 Å². The van der Waals surface area contributed by atoms with Gasteiger partial charge in [0.05, 0.1) is 22.9 Å². The molecule has 2 aromatic heterocycles. The molecule has 0 aliphatic rings. The fraction of sp³-hybridized carbons (Fsp3) is 0.167. The second kappa shape index (κ2) is 4.52. The van der Waals surface area contributed by atoms with Crippen LogP contribution >= 0.6 is 0 Å². The van der Waals surface area contributed by atoms with E-state index in [0.717, 1.165) is 0 Å². The van der Waals surface area contributed by atoms with Gasteiger partial charge in [-0.2, -0.15) is 4.98 Å². The second-order valence-electron chi connectivity index (χ2n) is 4.01. The van der Waals surface area contributed by atoms with Gasteiger partial charge >= 0.3 is 5.97 Å². The number of aromatic carboxylic acids is 1. The number of hydrogen-bond acceptors (Lipinski definition) is 5. The summed E-state index contributed by atoms with van der Waals surface area (Å²) in [6.45, 7) is 0.542. The molecule has 96 valence electrons. The highest BCUT2D eigenvalue weighted by molar-refractivity contribution is 6.01. The maximum absolute atomic E-state index is 11.2. The molecular formula is C12H10N4O3. The Hall–Kier alpha value is -2.70. The Kier molecular flexibility index (Phi) is 2.71. The molecule has 0 unspecified atom stereocenters. The first-order chi connectivity index (χ1) is 9.25. The lowest BCUT2D eigenvalue weighted by atomic mass is 10.2. The highest BCUT2D eigenvalue weighted by Crippen LogP contribution is 2.18. The standard InChI is InChI=1S/C12H10N4O3/c17-12(18)8-2-1-3-9-11(8)16(6-13-9)5-4-10-14-7-19-15-10/h1-3,6-7H,4-5H2,(H,17,18). The Morgan fingerprint density at radius 2 is 2.26 bits per heavy atom. The SMILES string of the molecule is O=C(O)c1cccc2ncn(CCc3ncon3)c12. The van der Waals surface area contributed by atoms with Crippen LogP contribution in [0.5, 0.6) is 0 Å². The van der Waals surface area contributed by atoms with E-state index in [-0.39, 0.29) is 5.56 Å². The molecule has 0 aliphatic heterocycles. The van der Waals surface area contributed by atoms with Crippen molar-refractivity contribution in [3.63, 3.8) is 0 Å². The minimum Gasteiger partial charge on any atom is -0.478 e. The summed E-state index contributed by atoms with van der Waals surface area (Å²) >= 11 is 0. The third kappa shape index (κ3) is 2.05. The third-order valence-electron chi connectivity index (χ3n) is 2.85. The van der Waals surface area contributed by atoms with Crippen LogP contribution in [0.3, 0.4) is 0 Å². The summed E-state index contributed by atoms with van der Waals surface area (Å²) in [7, 11) is 0. The molecule has 1 aromatic carbocycles. The van der Waals surface area contributed by atoms with E-state index in [1.807, 2.05) is 0 Å². The molecule has 0 atom stereocenters. The zero-order valence-electron chi connectivity index (χ0n) is 9.85. The normalized spacial score (nSPS) is 10.9. The summed E-state index contributed by atoms with van der Waals surface area (Å²) in [4.78, 5) is 19.3. The van der Waals surface area contributed by atoms with Crippen LogP contribution < -0.4 is 0 Å². The molecule has 1 N–H and O–H groups in total. The number of imidazole rings is 1. The summed E-state index contributed by atoms with van der Waals surface area (Å²) in [6, 6.07) is 5.03. The van der Waals surface area contributed by atoms with Crippen LogP contribution in [0.25, 0.3) is 11.0 Å². The van der Waals surface area contributed by atoms with Gasteiger partial charge in [-0.15, -0.1) is 0 Å². The van der Waals surface area contributed by atoms with Gasteiger partial charge in [0.25, 0.3) is 0 Å². The number of carboxylic acids is 1. The number of hydrogen-bond donors (Lipinski definition) is 1. The molecule has 7 nitrogen and oxygen atoms in total. The molecule has 0 fully saturated rings. The van der Waals surface area contributed by atoms with Gasteiger partial charge in [-0.3, -0.25) is 0 Å². The predicted molar refractivity (Wildman–Crippen MR) is 64.7 cm³/mol. The van der Waals surface area contributed by atoms with Crippen molar-refractivity contribution in [2.24, 2.45) is 0 Å². The number of carbonyl (C=O) groups is 1. The summed E-state index contributed by atoms with van der Waals surface area (Å²) in [5, 5.41) is 12.9. The number of para-hydroxylation sites is 1. The monoisotopic (exact) mass is 258 g/mol. The van der Waals surface area contributed by atoms with Gasteiger partial charge in [0.15, 0.2) is 5.82 Å². The average molecular weight is 258 g/mol. The summed E-state index contributed by atoms with van der Waals surface area (Å²) < 4.78 is 6.44. The van der Waals surface area contributed by atoms with E-state index in [2.05, 4.69) is 19.6 Å². The maximum Gasteiger partial charge on any atom is 0.337 e. The smallest absolute Gasteiger partial charge is 0.337 e. The zero-order valence-corrected chi connectivity index (χ0v) is 9.85. The molecule has 3 aromatic rings. The topological polar surface area (TPSA) is 94.0 Å². The largest absolute Gasteiger partial charge is 0.478 e. The number of nitrogens with zero attached hydrogens (tertiary/aromatic N) is 4. The van der Waals surface area contributed by atoms with Crippen molar-refractivity contribution < 1.29 is 14.4 Å². The summed E-state index contributed by atoms with van der Waals surface area (Å²) in [6.07, 6.45) is 3.44. The molecule has 7 heteroatoms. The van der Waals surface area contributed by atoms with Crippen LogP contribution in [0.4, 0.5) is 0 Å². The van der Waals surface area contributed by atoms with E-state index in [4.69, 9.17) is 0 Å². The van der Waals surface area contributed by atoms with Gasteiger partial charge in [0, 0.05) is 13.0 Å². The minimum absolute atomic E-state index is 0.239. The molecule has 0 aliphatic carbocycles. The van der Waals surface area contributed by atoms with Gasteiger partial charge in [-0.05, 0) is 12.1 Å². The van der Waals surface area contributed by atoms with Crippen LogP contribution in [0.15, 0.2) is 35.4 Å². The number of carboxylic acid groups (broad SMARTS) is 1. The molecular weight excluding hydrogens is 248 g/mol. The predicted octanol–water partition coefficient (Wildman–Crippen LogP) is 1.36. The lowest BCUT2D eigenvalue weighted by molar-refractivity contribution is 0.0698. The lowest BCUT2D eigenvalue weighted by Crippen LogP contribution is -2.05. The van der Waals surface area contributed by atoms with Gasteiger partial charge in [0.2, 0.25) is 6.39 Å². The molecule has 0 spiro atoms. The molecule has 2 heterocycles. The highest BCUT2D eigenvalue weighted by Gasteiger charge is 2.13. The van der Waals surface area contributed by atoms with Gasteiger partial charge in [-0.1, -0.05) is 11.2 Å². The average Bonchev–Trinajstić information content (AvgIpc) is 3.05. The first-order valence-corrected chi connectivity index (χ1v) is 5.68. The van der Waals surface area contributed by atoms with Crippen molar-refractivity contribution in [3.8, 4) is 0 Å². The second-order valence-corrected chi connectivity index (χ2v) is 4.01. The Labute approximate surface area is 107 Å². The van der Waals surface area contributed by atoms with E-state index in [1.54, 1.807) is 29.1 Å². The Bertz CT molecular complexity index is 718. The maximum atomic E-state index is 11.2. The van der Waals surface area contributed by atoms with E-state index in [9.17, 15) is 9.90 Å². The van der Waals surface area contributed by atoms with Crippen LogP contribution in [0, 0.1) is 0 Å². The van der Waals surface area contributed by atoms with Gasteiger partial charge < -0.3 is 14.2 Å². The number of rotatable bonds is 4. The Balaban J connectivity index is 1.97. The van der Waals surface area contributed by atoms with E-state index >= 15 is 0 Å². The molecule has 0 saturated carbocycles. The van der Waals surface area contributed by atoms with Crippen molar-refractivity contribution in [2.75, 3.05) is 0 Å². The van der Waals surface area contributed by atoms with Crippen molar-refractivity contribution in [1.29, 1.82) is 0 Å². The molecule has 0 amide bonds. The Morgan fingerprint density at radius 3 is 3.00 bits per heavy atom. The number of benzene rings is 1. The van der Waals surface area contributed by atoms with Crippen molar-refractivity contribution in [2.45, 2.75) is 13.0 Å². The molecule has 0 saturated heterocycles. The fourth-order valence-corrected chi connectivity index (χ4v) is 1.99. The van der Waals surface area contributed by atoms with E-state index in [1.165, 1.54) is 6.39 Å². The number of aryl methyl sites for hydroxylation is 2. The van der Waals surface area contributed by atoms with Gasteiger partial charge in [0.1, 0.15) is 0 Å². The van der Waals surface area contributed by atoms with Crippen molar-refractivity contribution in [3.05, 3.63) is 42.3 Å². The summed E-state index contributed by atoms with van der Waals surface area (Å²) in [5.41, 5.74) is 1.51. The van der Waals surface area contributed by atoms with Crippen LogP contribution in [-0.2, 0) is 13.0 Å². The Morgan fingerprint density at radius 1 is 1.37 bits per heavy atom. The van der Waals surface area contributed by atoms with Gasteiger partial charge in [-0.25, -0.2) is 9.78 Å². The van der Waals surface area contributed by atoms with Crippen LogP contribution in [0.1, 0.15) is 16.2 Å². The zero-order chi connectivity index (χ0) is 13.2. The first-order valence-electron chi connectivity index (χ1n) is 5.68. The number of fused-ring (bicyclic) bond motifs is 1. The van der Waals surface area contributed by atoms with Crippen molar-refractivity contribution in [1.82, 2.24) is 19.7 Å². The first kappa shape index (κ1) is 11.4. The van der Waals surface area contributed by atoms with Crippen LogP contribution in [0.2, 0.25) is 0 Å². The molecule has 19 heavy (non-hydrogen) atoms. The highest BCUT2D eigenvalue weighted by atomic mass is 16.5. The fourth-order valence-electron chi connectivity index (χ4n) is 1.99. The number of aromatic nitrogens is 4. The van der Waals surface area contributed by atoms with E-state index < -0.39 is 5.97 Å². The minimum atomic E-state index is -0.966. The van der Waals surface area contributed by atoms with Crippen molar-refractivity contribution >= 4 is 17.0 Å². The molecule has 3 rings (SSSR count). The lowest BCUT2D eigenvalue weighted by Gasteiger charge is -2.04. The third-order valence-corrected chi connectivity index (χ3v) is 2.85. The van der Waals surface area contributed by atoms with Crippen LogP contribution in [-0.4, -0.2) is 30.8 Å². The summed E-state index contributed by atoms with van der Waals surface area (Å²) in [5.74, 6) is -0.387. The quantitative estimate of drug-likeness (QED) is 0.759. The molecule has 0 bridgehead atoms. The molecule has 0 radical (unpaired) electrons.